The molecule has 0 aromatic heterocycles. The number of alkyl halides is 3. The Kier molecular flexibility index (Phi) is 5.05. The smallest absolute Gasteiger partial charge is 0.404 e. The highest BCUT2D eigenvalue weighted by Crippen LogP contribution is 2.29. The summed E-state index contributed by atoms with van der Waals surface area (Å²) in [6.07, 6.45) is -5.82. The van der Waals surface area contributed by atoms with E-state index in [1.54, 1.807) is 7.11 Å². The van der Waals surface area contributed by atoms with Gasteiger partial charge in [0, 0.05) is 26.2 Å². The van der Waals surface area contributed by atoms with E-state index in [0.717, 1.165) is 11.4 Å². The second kappa shape index (κ2) is 7.09. The van der Waals surface area contributed by atoms with E-state index in [-0.39, 0.29) is 0 Å². The highest BCUT2D eigenvalue weighted by atomic mass is 19.4. The van der Waals surface area contributed by atoms with Gasteiger partial charge in [0.05, 0.1) is 19.2 Å². The van der Waals surface area contributed by atoms with Crippen LogP contribution in [0.5, 0.6) is 5.75 Å². The molecule has 0 aliphatic carbocycles. The number of halogens is 3. The van der Waals surface area contributed by atoms with Gasteiger partial charge in [0.1, 0.15) is 18.1 Å². The molecule has 2 N–H and O–H groups in total. The van der Waals surface area contributed by atoms with E-state index < -0.39 is 30.8 Å². The number of rotatable bonds is 3. The van der Waals surface area contributed by atoms with Crippen molar-refractivity contribution in [1.29, 1.82) is 0 Å². The molecule has 1 aromatic rings. The SMILES string of the molecule is COc1ccccc1N1CCN(C2NC(=O)CC(C(F)(F)F)N2)CC1. The van der Waals surface area contributed by atoms with Gasteiger partial charge in [0.25, 0.3) is 0 Å². The maximum atomic E-state index is 12.9. The maximum absolute atomic E-state index is 12.9. The summed E-state index contributed by atoms with van der Waals surface area (Å²) in [6, 6.07) is 5.82. The minimum absolute atomic E-state index is 0.528. The zero-order valence-electron chi connectivity index (χ0n) is 13.8. The number of benzene rings is 1. The van der Waals surface area contributed by atoms with Crippen molar-refractivity contribution < 1.29 is 22.7 Å². The van der Waals surface area contributed by atoms with Crippen molar-refractivity contribution in [3.63, 3.8) is 0 Å². The molecule has 2 aliphatic rings. The Morgan fingerprint density at radius 1 is 1.16 bits per heavy atom. The van der Waals surface area contributed by atoms with Crippen LogP contribution in [0.15, 0.2) is 24.3 Å². The van der Waals surface area contributed by atoms with Crippen LogP contribution in [0.4, 0.5) is 18.9 Å². The Morgan fingerprint density at radius 3 is 2.48 bits per heavy atom. The number of piperazine rings is 1. The van der Waals surface area contributed by atoms with Gasteiger partial charge in [-0.3, -0.25) is 15.0 Å². The van der Waals surface area contributed by atoms with Crippen molar-refractivity contribution in [2.24, 2.45) is 0 Å². The lowest BCUT2D eigenvalue weighted by Gasteiger charge is -2.43. The fourth-order valence-electron chi connectivity index (χ4n) is 3.21. The lowest BCUT2D eigenvalue weighted by molar-refractivity contribution is -0.174. The molecule has 9 heteroatoms. The molecule has 0 spiro atoms. The van der Waals surface area contributed by atoms with Gasteiger partial charge in [-0.1, -0.05) is 12.1 Å². The average molecular weight is 358 g/mol. The first kappa shape index (κ1) is 17.8. The van der Waals surface area contributed by atoms with E-state index in [2.05, 4.69) is 15.5 Å². The van der Waals surface area contributed by atoms with E-state index in [0.29, 0.717) is 26.2 Å². The molecule has 2 unspecified atom stereocenters. The molecule has 2 atom stereocenters. The quantitative estimate of drug-likeness (QED) is 0.849. The fraction of sp³-hybridized carbons (Fsp3) is 0.562. The van der Waals surface area contributed by atoms with Gasteiger partial charge in [-0.15, -0.1) is 0 Å². The van der Waals surface area contributed by atoms with Gasteiger partial charge < -0.3 is 15.0 Å². The molecule has 0 saturated carbocycles. The Labute approximate surface area is 143 Å². The first-order valence-corrected chi connectivity index (χ1v) is 8.12. The van der Waals surface area contributed by atoms with Crippen molar-refractivity contribution in [2.75, 3.05) is 38.2 Å². The highest BCUT2D eigenvalue weighted by molar-refractivity contribution is 5.77. The summed E-state index contributed by atoms with van der Waals surface area (Å²) in [4.78, 5) is 15.6. The maximum Gasteiger partial charge on any atom is 0.404 e. The van der Waals surface area contributed by atoms with Crippen LogP contribution in [-0.4, -0.2) is 62.6 Å². The second-order valence-electron chi connectivity index (χ2n) is 6.13. The number of hydrogen-bond donors (Lipinski definition) is 2. The van der Waals surface area contributed by atoms with E-state index in [1.807, 2.05) is 29.2 Å². The molecule has 2 aliphatic heterocycles. The molecule has 6 nitrogen and oxygen atoms in total. The van der Waals surface area contributed by atoms with E-state index in [4.69, 9.17) is 4.74 Å². The van der Waals surface area contributed by atoms with Crippen LogP contribution in [0.1, 0.15) is 6.42 Å². The lowest BCUT2D eigenvalue weighted by atomic mass is 10.1. The summed E-state index contributed by atoms with van der Waals surface area (Å²) >= 11 is 0. The second-order valence-corrected chi connectivity index (χ2v) is 6.13. The molecule has 0 bridgehead atoms. The predicted molar refractivity (Wildman–Crippen MR) is 86.3 cm³/mol. The van der Waals surface area contributed by atoms with Crippen molar-refractivity contribution in [3.8, 4) is 5.75 Å². The summed E-state index contributed by atoms with van der Waals surface area (Å²) in [5.41, 5.74) is 0.957. The number of anilines is 1. The fourth-order valence-corrected chi connectivity index (χ4v) is 3.21. The highest BCUT2D eigenvalue weighted by Gasteiger charge is 2.45. The number of carbonyl (C=O) groups excluding carboxylic acids is 1. The average Bonchev–Trinajstić information content (AvgIpc) is 2.60. The van der Waals surface area contributed by atoms with Crippen molar-refractivity contribution in [1.82, 2.24) is 15.5 Å². The van der Waals surface area contributed by atoms with Crippen molar-refractivity contribution in [2.45, 2.75) is 24.9 Å². The Balaban J connectivity index is 1.63. The topological polar surface area (TPSA) is 56.8 Å². The van der Waals surface area contributed by atoms with Gasteiger partial charge in [-0.25, -0.2) is 0 Å². The molecular weight excluding hydrogens is 337 g/mol. The zero-order chi connectivity index (χ0) is 18.0. The van der Waals surface area contributed by atoms with Crippen molar-refractivity contribution >= 4 is 11.6 Å². The monoisotopic (exact) mass is 358 g/mol. The number of amides is 1. The van der Waals surface area contributed by atoms with Crippen LogP contribution in [0.3, 0.4) is 0 Å². The van der Waals surface area contributed by atoms with E-state index in [1.165, 1.54) is 0 Å². The predicted octanol–water partition coefficient (Wildman–Crippen LogP) is 1.14. The zero-order valence-corrected chi connectivity index (χ0v) is 13.8. The normalized spacial score (nSPS) is 25.6. The van der Waals surface area contributed by atoms with Crippen LogP contribution < -0.4 is 20.3 Å². The number of carbonyl (C=O) groups is 1. The minimum atomic E-state index is -4.44. The van der Waals surface area contributed by atoms with Crippen LogP contribution in [0.2, 0.25) is 0 Å². The number of para-hydroxylation sites is 2. The van der Waals surface area contributed by atoms with Crippen molar-refractivity contribution in [3.05, 3.63) is 24.3 Å². The number of ether oxygens (including phenoxy) is 1. The molecule has 1 aromatic carbocycles. The van der Waals surface area contributed by atoms with Gasteiger partial charge in [-0.05, 0) is 12.1 Å². The summed E-state index contributed by atoms with van der Waals surface area (Å²) < 4.78 is 44.2. The Bertz CT molecular complexity index is 618. The Morgan fingerprint density at radius 2 is 1.84 bits per heavy atom. The summed E-state index contributed by atoms with van der Waals surface area (Å²) in [5, 5.41) is 5.09. The third-order valence-electron chi connectivity index (χ3n) is 4.55. The third kappa shape index (κ3) is 3.98. The molecule has 138 valence electrons. The van der Waals surface area contributed by atoms with Gasteiger partial charge in [-0.2, -0.15) is 13.2 Å². The van der Waals surface area contributed by atoms with Gasteiger partial charge >= 0.3 is 6.18 Å². The molecule has 2 saturated heterocycles. The molecule has 3 rings (SSSR count). The lowest BCUT2D eigenvalue weighted by Crippen LogP contribution is -2.68. The minimum Gasteiger partial charge on any atom is -0.495 e. The number of hydrogen-bond acceptors (Lipinski definition) is 5. The molecule has 2 heterocycles. The Hall–Kier alpha value is -2.00. The molecule has 1 amide bonds. The van der Waals surface area contributed by atoms with Crippen LogP contribution in [-0.2, 0) is 4.79 Å². The number of nitrogens with one attached hydrogen (secondary N) is 2. The number of methoxy groups -OCH3 is 1. The van der Waals surface area contributed by atoms with Gasteiger partial charge in [0.2, 0.25) is 5.91 Å². The first-order chi connectivity index (χ1) is 11.9. The summed E-state index contributed by atoms with van der Waals surface area (Å²) in [7, 11) is 1.61. The molecule has 0 radical (unpaired) electrons. The summed E-state index contributed by atoms with van der Waals surface area (Å²) in [5.74, 6) is 0.176. The molecule has 25 heavy (non-hydrogen) atoms. The first-order valence-electron chi connectivity index (χ1n) is 8.12. The largest absolute Gasteiger partial charge is 0.495 e. The van der Waals surface area contributed by atoms with Crippen LogP contribution in [0.25, 0.3) is 0 Å². The van der Waals surface area contributed by atoms with E-state index >= 15 is 0 Å². The molecular formula is C16H21F3N4O2. The van der Waals surface area contributed by atoms with Crippen LogP contribution in [0, 0.1) is 0 Å². The van der Waals surface area contributed by atoms with Gasteiger partial charge in [0.15, 0.2) is 0 Å². The number of nitrogens with zero attached hydrogens (tertiary/aromatic N) is 2. The van der Waals surface area contributed by atoms with E-state index in [9.17, 15) is 18.0 Å². The standard InChI is InChI=1S/C16H21F3N4O2/c1-25-12-5-3-2-4-11(12)22-6-8-23(9-7-22)15-20-13(16(17,18)19)10-14(24)21-15/h2-5,13,15,20H,6-10H2,1H3,(H,21,24). The summed E-state index contributed by atoms with van der Waals surface area (Å²) in [6.45, 7) is 2.32. The third-order valence-corrected chi connectivity index (χ3v) is 4.55. The van der Waals surface area contributed by atoms with Crippen LogP contribution >= 0.6 is 0 Å². The molecule has 2 fully saturated rings.